The van der Waals surface area contributed by atoms with E-state index in [2.05, 4.69) is 17.4 Å². The summed E-state index contributed by atoms with van der Waals surface area (Å²) in [5, 5.41) is 12.2. The highest BCUT2D eigenvalue weighted by atomic mass is 16.5. The van der Waals surface area contributed by atoms with Crippen LogP contribution in [0, 0.1) is 11.8 Å². The van der Waals surface area contributed by atoms with Gasteiger partial charge in [-0.15, -0.1) is 0 Å². The van der Waals surface area contributed by atoms with Crippen LogP contribution in [-0.2, 0) is 14.3 Å². The minimum atomic E-state index is -1.02. The lowest BCUT2D eigenvalue weighted by Crippen LogP contribution is -2.58. The minimum Gasteiger partial charge on any atom is -0.480 e. The van der Waals surface area contributed by atoms with Gasteiger partial charge in [0.25, 0.3) is 0 Å². The molecule has 2 N–H and O–H groups in total. The number of rotatable bonds is 5. The number of benzene rings is 2. The number of aliphatic carboxylic acids is 1. The first-order valence-electron chi connectivity index (χ1n) is 11.4. The van der Waals surface area contributed by atoms with E-state index in [9.17, 15) is 19.5 Å². The number of nitrogens with zero attached hydrogens (tertiary/aromatic N) is 1. The van der Waals surface area contributed by atoms with E-state index >= 15 is 0 Å². The SMILES string of the molecule is CC1CC(C)C(C(=O)O)N(C(=O)[C@@H](C)NC(=O)OCC2c3ccccc3-c3ccccc32)C1. The Morgan fingerprint density at radius 2 is 1.64 bits per heavy atom. The number of nitrogens with one attached hydrogen (secondary N) is 1. The normalized spacial score (nSPS) is 22.8. The van der Waals surface area contributed by atoms with Crippen LogP contribution < -0.4 is 5.32 Å². The third-order valence-corrected chi connectivity index (χ3v) is 6.74. The topological polar surface area (TPSA) is 95.9 Å². The quantitative estimate of drug-likeness (QED) is 0.721. The molecule has 2 aromatic carbocycles. The highest BCUT2D eigenvalue weighted by Crippen LogP contribution is 2.44. The molecule has 0 spiro atoms. The van der Waals surface area contributed by atoms with Crippen LogP contribution in [-0.4, -0.2) is 53.2 Å². The number of piperidine rings is 1. The number of hydrogen-bond acceptors (Lipinski definition) is 4. The zero-order valence-electron chi connectivity index (χ0n) is 19.2. The van der Waals surface area contributed by atoms with Crippen LogP contribution in [0.4, 0.5) is 4.79 Å². The number of carboxylic acids is 1. The van der Waals surface area contributed by atoms with Gasteiger partial charge in [-0.3, -0.25) is 4.79 Å². The molecule has 0 radical (unpaired) electrons. The second-order valence-electron chi connectivity index (χ2n) is 9.28. The van der Waals surface area contributed by atoms with Crippen molar-refractivity contribution in [3.05, 3.63) is 59.7 Å². The summed E-state index contributed by atoms with van der Waals surface area (Å²) >= 11 is 0. The van der Waals surface area contributed by atoms with Crippen molar-refractivity contribution >= 4 is 18.0 Å². The number of ether oxygens (including phenoxy) is 1. The van der Waals surface area contributed by atoms with Gasteiger partial charge in [0.15, 0.2) is 0 Å². The summed E-state index contributed by atoms with van der Waals surface area (Å²) in [6, 6.07) is 14.4. The molecule has 1 aliphatic carbocycles. The number of carboxylic acid groups (broad SMARTS) is 1. The number of carbonyl (C=O) groups excluding carboxylic acids is 2. The number of amides is 2. The van der Waals surface area contributed by atoms with E-state index in [1.54, 1.807) is 6.92 Å². The molecule has 174 valence electrons. The van der Waals surface area contributed by atoms with Crippen molar-refractivity contribution in [2.24, 2.45) is 11.8 Å². The third-order valence-electron chi connectivity index (χ3n) is 6.74. The smallest absolute Gasteiger partial charge is 0.407 e. The van der Waals surface area contributed by atoms with Crippen LogP contribution in [0.5, 0.6) is 0 Å². The lowest BCUT2D eigenvalue weighted by Gasteiger charge is -2.41. The van der Waals surface area contributed by atoms with Gasteiger partial charge in [0, 0.05) is 12.5 Å². The molecule has 2 amide bonds. The van der Waals surface area contributed by atoms with Crippen LogP contribution in [0.15, 0.2) is 48.5 Å². The van der Waals surface area contributed by atoms with E-state index in [0.29, 0.717) is 6.54 Å². The van der Waals surface area contributed by atoms with E-state index in [1.807, 2.05) is 50.2 Å². The standard InChI is InChI=1S/C26H30N2O5/c1-15-12-16(2)23(25(30)31)28(13-15)24(29)17(3)27-26(32)33-14-22-20-10-6-4-8-18(20)19-9-5-7-11-21(19)22/h4-11,15-17,22-23H,12-14H2,1-3H3,(H,27,32)(H,30,31)/t15?,16?,17-,23?/m1/s1. The Labute approximate surface area is 193 Å². The molecule has 0 bridgehead atoms. The van der Waals surface area contributed by atoms with Crippen molar-refractivity contribution in [3.63, 3.8) is 0 Å². The molecule has 1 saturated heterocycles. The summed E-state index contributed by atoms with van der Waals surface area (Å²) in [4.78, 5) is 38.7. The third kappa shape index (κ3) is 4.45. The summed E-state index contributed by atoms with van der Waals surface area (Å²) < 4.78 is 5.53. The fraction of sp³-hybridized carbons (Fsp3) is 0.423. The molecule has 3 unspecified atom stereocenters. The summed E-state index contributed by atoms with van der Waals surface area (Å²) in [6.45, 7) is 5.91. The van der Waals surface area contributed by atoms with E-state index in [4.69, 9.17) is 4.74 Å². The van der Waals surface area contributed by atoms with Crippen molar-refractivity contribution in [1.29, 1.82) is 0 Å². The lowest BCUT2D eigenvalue weighted by molar-refractivity contribution is -0.156. The average molecular weight is 451 g/mol. The maximum atomic E-state index is 13.0. The molecule has 0 saturated carbocycles. The van der Waals surface area contributed by atoms with Crippen molar-refractivity contribution in [1.82, 2.24) is 10.2 Å². The summed E-state index contributed by atoms with van der Waals surface area (Å²) in [7, 11) is 0. The number of likely N-dealkylation sites (tertiary alicyclic amines) is 1. The molecule has 0 aromatic heterocycles. The molecule has 4 rings (SSSR count). The molecule has 1 fully saturated rings. The molecule has 1 aliphatic heterocycles. The lowest BCUT2D eigenvalue weighted by atomic mass is 9.84. The monoisotopic (exact) mass is 450 g/mol. The second kappa shape index (κ2) is 9.25. The number of fused-ring (bicyclic) bond motifs is 3. The molecule has 33 heavy (non-hydrogen) atoms. The Bertz CT molecular complexity index is 1020. The van der Waals surface area contributed by atoms with Gasteiger partial charge in [-0.1, -0.05) is 62.4 Å². The van der Waals surface area contributed by atoms with Gasteiger partial charge in [-0.2, -0.15) is 0 Å². The second-order valence-corrected chi connectivity index (χ2v) is 9.28. The Morgan fingerprint density at radius 1 is 1.06 bits per heavy atom. The Morgan fingerprint density at radius 3 is 2.21 bits per heavy atom. The van der Waals surface area contributed by atoms with Crippen LogP contribution in [0.3, 0.4) is 0 Å². The molecule has 7 heteroatoms. The Kier molecular flexibility index (Phi) is 6.40. The summed E-state index contributed by atoms with van der Waals surface area (Å²) in [5.41, 5.74) is 4.49. The van der Waals surface area contributed by atoms with Crippen LogP contribution >= 0.6 is 0 Å². The maximum absolute atomic E-state index is 13.0. The predicted octanol–water partition coefficient (Wildman–Crippen LogP) is 3.87. The van der Waals surface area contributed by atoms with Crippen molar-refractivity contribution in [3.8, 4) is 11.1 Å². The first kappa shape index (κ1) is 22.8. The van der Waals surface area contributed by atoms with Gasteiger partial charge >= 0.3 is 12.1 Å². The maximum Gasteiger partial charge on any atom is 0.407 e. The van der Waals surface area contributed by atoms with Gasteiger partial charge < -0.3 is 20.1 Å². The van der Waals surface area contributed by atoms with E-state index in [1.165, 1.54) is 4.90 Å². The van der Waals surface area contributed by atoms with Gasteiger partial charge in [0.05, 0.1) is 0 Å². The Balaban J connectivity index is 1.40. The van der Waals surface area contributed by atoms with Gasteiger partial charge in [-0.25, -0.2) is 9.59 Å². The van der Waals surface area contributed by atoms with Crippen LogP contribution in [0.2, 0.25) is 0 Å². The van der Waals surface area contributed by atoms with Crippen LogP contribution in [0.1, 0.15) is 44.2 Å². The number of hydrogen-bond donors (Lipinski definition) is 2. The average Bonchev–Trinajstić information content (AvgIpc) is 3.10. The van der Waals surface area contributed by atoms with Gasteiger partial charge in [0.2, 0.25) is 5.91 Å². The minimum absolute atomic E-state index is 0.0747. The first-order valence-corrected chi connectivity index (χ1v) is 11.4. The molecule has 1 heterocycles. The zero-order chi connectivity index (χ0) is 23.7. The van der Waals surface area contributed by atoms with E-state index in [0.717, 1.165) is 28.7 Å². The van der Waals surface area contributed by atoms with E-state index < -0.39 is 30.1 Å². The highest BCUT2D eigenvalue weighted by molar-refractivity contribution is 5.89. The molecule has 2 aromatic rings. The molecular formula is C26H30N2O5. The van der Waals surface area contributed by atoms with Gasteiger partial charge in [-0.05, 0) is 47.4 Å². The molecular weight excluding hydrogens is 420 g/mol. The highest BCUT2D eigenvalue weighted by Gasteiger charge is 2.41. The van der Waals surface area contributed by atoms with Crippen molar-refractivity contribution < 1.29 is 24.2 Å². The number of alkyl carbamates (subject to hydrolysis) is 1. The summed E-state index contributed by atoms with van der Waals surface area (Å²) in [6.07, 6.45) is 0.0530. The van der Waals surface area contributed by atoms with Crippen molar-refractivity contribution in [2.45, 2.75) is 45.2 Å². The largest absolute Gasteiger partial charge is 0.480 e. The predicted molar refractivity (Wildman–Crippen MR) is 124 cm³/mol. The van der Waals surface area contributed by atoms with Crippen molar-refractivity contribution in [2.75, 3.05) is 13.2 Å². The van der Waals surface area contributed by atoms with Crippen LogP contribution in [0.25, 0.3) is 11.1 Å². The Hall–Kier alpha value is -3.35. The number of carbonyl (C=O) groups is 3. The zero-order valence-corrected chi connectivity index (χ0v) is 19.2. The fourth-order valence-corrected chi connectivity index (χ4v) is 5.33. The summed E-state index contributed by atoms with van der Waals surface area (Å²) in [5.74, 6) is -1.46. The van der Waals surface area contributed by atoms with Gasteiger partial charge in [0.1, 0.15) is 18.7 Å². The first-order chi connectivity index (χ1) is 15.8. The molecule has 2 aliphatic rings. The molecule has 7 nitrogen and oxygen atoms in total. The molecule has 4 atom stereocenters. The van der Waals surface area contributed by atoms with E-state index in [-0.39, 0.29) is 24.4 Å². The fourth-order valence-electron chi connectivity index (χ4n) is 5.33.